The van der Waals surface area contributed by atoms with Gasteiger partial charge in [0.1, 0.15) is 22.4 Å². The molecule has 0 bridgehead atoms. The van der Waals surface area contributed by atoms with Crippen LogP contribution in [0.1, 0.15) is 17.3 Å². The van der Waals surface area contributed by atoms with Crippen molar-refractivity contribution in [2.24, 2.45) is 0 Å². The zero-order valence-electron chi connectivity index (χ0n) is 17.6. The minimum absolute atomic E-state index is 0.217. The average molecular weight is 541 g/mol. The Kier molecular flexibility index (Phi) is 6.85. The van der Waals surface area contributed by atoms with Crippen LogP contribution in [0.3, 0.4) is 0 Å². The summed E-state index contributed by atoms with van der Waals surface area (Å²) >= 11 is 8.37. The van der Waals surface area contributed by atoms with Crippen molar-refractivity contribution in [1.29, 1.82) is 0 Å². The number of pyridine rings is 1. The van der Waals surface area contributed by atoms with E-state index in [-0.39, 0.29) is 10.7 Å². The second-order valence-corrected chi connectivity index (χ2v) is 8.44. The third-order valence-electron chi connectivity index (χ3n) is 4.73. The lowest BCUT2D eigenvalue weighted by atomic mass is 10.2. The fraction of sp³-hybridized carbons (Fsp3) is 0.0870. The number of nitrogens with zero attached hydrogens (tertiary/aromatic N) is 1. The van der Waals surface area contributed by atoms with Crippen LogP contribution in [0.2, 0.25) is 0 Å². The fourth-order valence-corrected chi connectivity index (χ4v) is 3.61. The Morgan fingerprint density at radius 2 is 1.88 bits per heavy atom. The van der Waals surface area contributed by atoms with Gasteiger partial charge in [0, 0.05) is 21.4 Å². The van der Waals surface area contributed by atoms with Crippen LogP contribution in [0.15, 0.2) is 74.5 Å². The molecular formula is C23H17BrN4O5S. The lowest BCUT2D eigenvalue weighted by molar-refractivity contribution is -0.127. The standard InChI is InChI=1S/C23H17BrN4O5S/c1-12(32-18-6-2-4-13-5-3-9-25-19(13)18)20(29)27-28-23(34)26-21(30)16-11-14-10-15(24)7-8-17(14)33-22(16)31/h2-12H,1H3,(H,27,29)(H2,26,28,30,34). The summed E-state index contributed by atoms with van der Waals surface area (Å²) in [6, 6.07) is 15.5. The molecule has 3 N–H and O–H groups in total. The molecule has 4 aromatic rings. The Hall–Kier alpha value is -3.83. The lowest BCUT2D eigenvalue weighted by Gasteiger charge is -2.17. The van der Waals surface area contributed by atoms with Gasteiger partial charge in [-0.2, -0.15) is 0 Å². The maximum absolute atomic E-state index is 12.5. The summed E-state index contributed by atoms with van der Waals surface area (Å²) < 4.78 is 11.7. The highest BCUT2D eigenvalue weighted by Crippen LogP contribution is 2.24. The molecule has 2 amide bonds. The van der Waals surface area contributed by atoms with E-state index in [1.807, 2.05) is 18.2 Å². The SMILES string of the molecule is CC(Oc1cccc2cccnc12)C(=O)NNC(=S)NC(=O)c1cc2cc(Br)ccc2oc1=O. The highest BCUT2D eigenvalue weighted by molar-refractivity contribution is 9.10. The van der Waals surface area contributed by atoms with Crippen LogP contribution in [0.4, 0.5) is 0 Å². The second-order valence-electron chi connectivity index (χ2n) is 7.12. The molecule has 0 saturated carbocycles. The fourth-order valence-electron chi connectivity index (χ4n) is 3.09. The number of hydrazine groups is 1. The van der Waals surface area contributed by atoms with E-state index in [4.69, 9.17) is 21.4 Å². The molecule has 0 aliphatic carbocycles. The van der Waals surface area contributed by atoms with Gasteiger partial charge >= 0.3 is 5.63 Å². The van der Waals surface area contributed by atoms with Gasteiger partial charge in [0.2, 0.25) is 0 Å². The number of benzene rings is 2. The summed E-state index contributed by atoms with van der Waals surface area (Å²) in [5, 5.41) is 3.54. The van der Waals surface area contributed by atoms with E-state index in [9.17, 15) is 14.4 Å². The zero-order chi connectivity index (χ0) is 24.2. The molecule has 2 aromatic heterocycles. The number of ether oxygens (including phenoxy) is 1. The largest absolute Gasteiger partial charge is 0.479 e. The van der Waals surface area contributed by atoms with Crippen molar-refractivity contribution in [3.63, 3.8) is 0 Å². The zero-order valence-corrected chi connectivity index (χ0v) is 20.0. The van der Waals surface area contributed by atoms with Gasteiger partial charge in [0.25, 0.3) is 11.8 Å². The smallest absolute Gasteiger partial charge is 0.349 e. The first kappa shape index (κ1) is 23.3. The number of aromatic nitrogens is 1. The Morgan fingerprint density at radius 3 is 2.71 bits per heavy atom. The minimum Gasteiger partial charge on any atom is -0.479 e. The molecule has 0 spiro atoms. The van der Waals surface area contributed by atoms with Gasteiger partial charge in [0.05, 0.1) is 0 Å². The molecule has 2 heterocycles. The third kappa shape index (κ3) is 5.21. The molecule has 4 rings (SSSR count). The van der Waals surface area contributed by atoms with Crippen LogP contribution in [0.25, 0.3) is 21.9 Å². The van der Waals surface area contributed by atoms with E-state index in [1.165, 1.54) is 6.07 Å². The average Bonchev–Trinajstić information content (AvgIpc) is 2.82. The number of thiocarbonyl (C=S) groups is 1. The van der Waals surface area contributed by atoms with Gasteiger partial charge < -0.3 is 9.15 Å². The van der Waals surface area contributed by atoms with Crippen molar-refractivity contribution in [2.45, 2.75) is 13.0 Å². The van der Waals surface area contributed by atoms with Crippen LogP contribution < -0.4 is 26.5 Å². The van der Waals surface area contributed by atoms with Crippen molar-refractivity contribution in [2.75, 3.05) is 0 Å². The van der Waals surface area contributed by atoms with Gasteiger partial charge in [-0.1, -0.05) is 34.1 Å². The highest BCUT2D eigenvalue weighted by atomic mass is 79.9. The van der Waals surface area contributed by atoms with E-state index in [0.717, 1.165) is 9.86 Å². The van der Waals surface area contributed by atoms with E-state index in [2.05, 4.69) is 37.1 Å². The molecule has 172 valence electrons. The Bertz CT molecular complexity index is 1480. The number of amides is 2. The van der Waals surface area contributed by atoms with Crippen LogP contribution in [-0.4, -0.2) is 28.0 Å². The molecule has 0 fully saturated rings. The monoisotopic (exact) mass is 540 g/mol. The van der Waals surface area contributed by atoms with Crippen molar-refractivity contribution >= 4 is 66.9 Å². The number of halogens is 1. The molecule has 0 aliphatic heterocycles. The first-order valence-corrected chi connectivity index (χ1v) is 11.2. The van der Waals surface area contributed by atoms with E-state index in [0.29, 0.717) is 22.2 Å². The summed E-state index contributed by atoms with van der Waals surface area (Å²) in [5.74, 6) is -0.876. The predicted molar refractivity (Wildman–Crippen MR) is 133 cm³/mol. The molecular weight excluding hydrogens is 524 g/mol. The quantitative estimate of drug-likeness (QED) is 0.205. The summed E-state index contributed by atoms with van der Waals surface area (Å²) in [4.78, 5) is 41.4. The number of para-hydroxylation sites is 1. The van der Waals surface area contributed by atoms with E-state index in [1.54, 1.807) is 43.5 Å². The molecule has 0 saturated heterocycles. The number of carbonyl (C=O) groups is 2. The molecule has 2 aromatic carbocycles. The van der Waals surface area contributed by atoms with Gasteiger partial charge in [-0.15, -0.1) is 0 Å². The van der Waals surface area contributed by atoms with Gasteiger partial charge in [-0.05, 0) is 55.5 Å². The molecule has 0 radical (unpaired) electrons. The third-order valence-corrected chi connectivity index (χ3v) is 5.43. The molecule has 0 aliphatic rings. The van der Waals surface area contributed by atoms with Crippen LogP contribution in [0, 0.1) is 0 Å². The summed E-state index contributed by atoms with van der Waals surface area (Å²) in [7, 11) is 0. The molecule has 34 heavy (non-hydrogen) atoms. The maximum Gasteiger partial charge on any atom is 0.349 e. The van der Waals surface area contributed by atoms with E-state index >= 15 is 0 Å². The Labute approximate surface area is 206 Å². The van der Waals surface area contributed by atoms with Crippen LogP contribution in [0.5, 0.6) is 5.75 Å². The summed E-state index contributed by atoms with van der Waals surface area (Å²) in [6.45, 7) is 1.55. The number of rotatable bonds is 4. The van der Waals surface area contributed by atoms with Crippen molar-refractivity contribution in [3.05, 3.63) is 81.3 Å². The second kappa shape index (κ2) is 9.98. The highest BCUT2D eigenvalue weighted by Gasteiger charge is 2.18. The first-order valence-electron chi connectivity index (χ1n) is 9.97. The maximum atomic E-state index is 12.5. The normalized spacial score (nSPS) is 11.6. The van der Waals surface area contributed by atoms with Crippen LogP contribution >= 0.6 is 28.1 Å². The number of hydrogen-bond acceptors (Lipinski definition) is 7. The molecule has 1 unspecified atom stereocenters. The van der Waals surface area contributed by atoms with Crippen molar-refractivity contribution in [1.82, 2.24) is 21.2 Å². The van der Waals surface area contributed by atoms with Crippen molar-refractivity contribution in [3.8, 4) is 5.75 Å². The molecule has 1 atom stereocenters. The van der Waals surface area contributed by atoms with Gasteiger partial charge in [-0.25, -0.2) is 4.79 Å². The summed E-state index contributed by atoms with van der Waals surface area (Å²) in [5.41, 5.74) is 4.70. The molecule has 9 nitrogen and oxygen atoms in total. The number of hydrogen-bond donors (Lipinski definition) is 3. The summed E-state index contributed by atoms with van der Waals surface area (Å²) in [6.07, 6.45) is 0.738. The van der Waals surface area contributed by atoms with E-state index < -0.39 is 23.5 Å². The Morgan fingerprint density at radius 1 is 1.09 bits per heavy atom. The predicted octanol–water partition coefficient (Wildman–Crippen LogP) is 3.21. The number of carbonyl (C=O) groups excluding carboxylic acids is 2. The number of fused-ring (bicyclic) bond motifs is 2. The first-order chi connectivity index (χ1) is 16.3. The topological polar surface area (TPSA) is 123 Å². The van der Waals surface area contributed by atoms with Crippen LogP contribution in [-0.2, 0) is 4.79 Å². The van der Waals surface area contributed by atoms with Crippen molar-refractivity contribution < 1.29 is 18.7 Å². The number of nitrogens with one attached hydrogen (secondary N) is 3. The Balaban J connectivity index is 1.35. The van der Waals surface area contributed by atoms with Gasteiger partial charge in [-0.3, -0.25) is 30.7 Å². The minimum atomic E-state index is -0.899. The lowest BCUT2D eigenvalue weighted by Crippen LogP contribution is -2.52. The van der Waals surface area contributed by atoms with Gasteiger partial charge in [0.15, 0.2) is 11.2 Å². The molecule has 11 heteroatoms.